The second kappa shape index (κ2) is 6.34. The zero-order chi connectivity index (χ0) is 16.3. The minimum atomic E-state index is -0.872. The summed E-state index contributed by atoms with van der Waals surface area (Å²) in [7, 11) is 0. The van der Waals surface area contributed by atoms with Crippen LogP contribution in [0.25, 0.3) is 0 Å². The molecule has 0 saturated heterocycles. The van der Waals surface area contributed by atoms with Crippen molar-refractivity contribution in [1.29, 1.82) is 0 Å². The Labute approximate surface area is 126 Å². The molecule has 0 aliphatic rings. The van der Waals surface area contributed by atoms with E-state index >= 15 is 0 Å². The molecule has 0 saturated carbocycles. The van der Waals surface area contributed by atoms with Crippen LogP contribution >= 0.6 is 0 Å². The largest absolute Gasteiger partial charge is 0.482 e. The van der Waals surface area contributed by atoms with Crippen LogP contribution in [0.3, 0.4) is 0 Å². The number of carbonyl (C=O) groups is 1. The summed E-state index contributed by atoms with van der Waals surface area (Å²) in [5, 5.41) is 10.5. The number of aryl methyl sites for hydroxylation is 2. The maximum atomic E-state index is 13.7. The van der Waals surface area contributed by atoms with Gasteiger partial charge in [-0.1, -0.05) is 17.7 Å². The third kappa shape index (κ3) is 3.46. The van der Waals surface area contributed by atoms with E-state index in [1.54, 1.807) is 13.0 Å². The molecular formula is C16H14FNO4. The number of benzene rings is 2. The Balaban J connectivity index is 2.11. The number of ether oxygens (including phenoxy) is 1. The Bertz CT molecular complexity index is 743. The first-order chi connectivity index (χ1) is 10.4. The first-order valence-electron chi connectivity index (χ1n) is 6.55. The standard InChI is InChI=1S/C16H14FNO4/c1-10-3-4-11(2)13(7-10)15(19)9-22-16-6-5-12(18(20)21)8-14(16)17/h3-8H,9H2,1-2H3. The Kier molecular flexibility index (Phi) is 4.50. The van der Waals surface area contributed by atoms with E-state index in [2.05, 4.69) is 0 Å². The van der Waals surface area contributed by atoms with E-state index in [4.69, 9.17) is 4.74 Å². The van der Waals surface area contributed by atoms with Gasteiger partial charge in [0.05, 0.1) is 11.0 Å². The van der Waals surface area contributed by atoms with E-state index in [0.717, 1.165) is 29.3 Å². The van der Waals surface area contributed by atoms with Crippen molar-refractivity contribution in [3.63, 3.8) is 0 Å². The molecule has 0 fully saturated rings. The van der Waals surface area contributed by atoms with Gasteiger partial charge in [0.15, 0.2) is 24.0 Å². The predicted octanol–water partition coefficient (Wildman–Crippen LogP) is 3.61. The van der Waals surface area contributed by atoms with Gasteiger partial charge in [-0.2, -0.15) is 0 Å². The van der Waals surface area contributed by atoms with Crippen LogP contribution in [-0.4, -0.2) is 17.3 Å². The number of halogens is 1. The summed E-state index contributed by atoms with van der Waals surface area (Å²) in [6, 6.07) is 8.49. The van der Waals surface area contributed by atoms with Gasteiger partial charge in [0.2, 0.25) is 0 Å². The normalized spacial score (nSPS) is 10.3. The molecule has 2 rings (SSSR count). The van der Waals surface area contributed by atoms with Gasteiger partial charge in [0.1, 0.15) is 0 Å². The van der Waals surface area contributed by atoms with Crippen LogP contribution < -0.4 is 4.74 Å². The number of hydrogen-bond donors (Lipinski definition) is 0. The molecule has 0 radical (unpaired) electrons. The van der Waals surface area contributed by atoms with Crippen molar-refractivity contribution in [2.45, 2.75) is 13.8 Å². The average molecular weight is 303 g/mol. The molecule has 0 atom stereocenters. The number of Topliss-reactive ketones (excluding diaryl/α,β-unsaturated/α-hetero) is 1. The second-order valence-corrected chi connectivity index (χ2v) is 4.90. The maximum absolute atomic E-state index is 13.7. The van der Waals surface area contributed by atoms with Crippen molar-refractivity contribution >= 4 is 11.5 Å². The molecule has 0 unspecified atom stereocenters. The smallest absolute Gasteiger partial charge is 0.272 e. The lowest BCUT2D eigenvalue weighted by Gasteiger charge is -2.09. The third-order valence-corrected chi connectivity index (χ3v) is 3.18. The van der Waals surface area contributed by atoms with Crippen LogP contribution in [0.15, 0.2) is 36.4 Å². The maximum Gasteiger partial charge on any atom is 0.272 e. The molecule has 0 aliphatic heterocycles. The van der Waals surface area contributed by atoms with Crippen LogP contribution in [0, 0.1) is 29.8 Å². The minimum absolute atomic E-state index is 0.191. The van der Waals surface area contributed by atoms with E-state index in [1.807, 2.05) is 19.1 Å². The number of nitro groups is 1. The molecule has 0 aromatic heterocycles. The van der Waals surface area contributed by atoms with Crippen LogP contribution in [-0.2, 0) is 0 Å². The first kappa shape index (κ1) is 15.6. The highest BCUT2D eigenvalue weighted by molar-refractivity contribution is 5.98. The molecule has 0 spiro atoms. The minimum Gasteiger partial charge on any atom is -0.482 e. The lowest BCUT2D eigenvalue weighted by atomic mass is 10.0. The highest BCUT2D eigenvalue weighted by Crippen LogP contribution is 2.22. The molecule has 0 amide bonds. The monoisotopic (exact) mass is 303 g/mol. The van der Waals surface area contributed by atoms with E-state index in [0.29, 0.717) is 5.56 Å². The van der Waals surface area contributed by atoms with Crippen LogP contribution in [0.2, 0.25) is 0 Å². The van der Waals surface area contributed by atoms with Crippen molar-refractivity contribution in [3.05, 3.63) is 69.0 Å². The second-order valence-electron chi connectivity index (χ2n) is 4.90. The summed E-state index contributed by atoms with van der Waals surface area (Å²) < 4.78 is 18.8. The lowest BCUT2D eigenvalue weighted by molar-refractivity contribution is -0.385. The summed E-state index contributed by atoms with van der Waals surface area (Å²) in [4.78, 5) is 22.0. The van der Waals surface area contributed by atoms with E-state index in [-0.39, 0.29) is 23.8 Å². The van der Waals surface area contributed by atoms with Gasteiger partial charge in [0, 0.05) is 11.6 Å². The summed E-state index contributed by atoms with van der Waals surface area (Å²) in [6.45, 7) is 3.34. The van der Waals surface area contributed by atoms with E-state index < -0.39 is 10.7 Å². The molecule has 0 aliphatic carbocycles. The van der Waals surface area contributed by atoms with Crippen molar-refractivity contribution in [3.8, 4) is 5.75 Å². The topological polar surface area (TPSA) is 69.4 Å². The fourth-order valence-electron chi connectivity index (χ4n) is 1.98. The number of ketones is 1. The van der Waals surface area contributed by atoms with Crippen molar-refractivity contribution < 1.29 is 18.8 Å². The molecule has 2 aromatic rings. The van der Waals surface area contributed by atoms with Gasteiger partial charge in [-0.25, -0.2) is 4.39 Å². The average Bonchev–Trinajstić information content (AvgIpc) is 2.48. The van der Waals surface area contributed by atoms with Crippen molar-refractivity contribution in [2.24, 2.45) is 0 Å². The van der Waals surface area contributed by atoms with Crippen LogP contribution in [0.1, 0.15) is 21.5 Å². The molecule has 0 N–H and O–H groups in total. The number of non-ortho nitro benzene ring substituents is 1. The fraction of sp³-hybridized carbons (Fsp3) is 0.188. The molecule has 114 valence electrons. The number of carbonyl (C=O) groups excluding carboxylic acids is 1. The predicted molar refractivity (Wildman–Crippen MR) is 78.8 cm³/mol. The molecule has 2 aromatic carbocycles. The van der Waals surface area contributed by atoms with Crippen molar-refractivity contribution in [1.82, 2.24) is 0 Å². The van der Waals surface area contributed by atoms with Gasteiger partial charge >= 0.3 is 0 Å². The van der Waals surface area contributed by atoms with E-state index in [9.17, 15) is 19.3 Å². The first-order valence-corrected chi connectivity index (χ1v) is 6.55. The Morgan fingerprint density at radius 3 is 2.59 bits per heavy atom. The Hall–Kier alpha value is -2.76. The Morgan fingerprint density at radius 2 is 1.95 bits per heavy atom. The van der Waals surface area contributed by atoms with Crippen molar-refractivity contribution in [2.75, 3.05) is 6.61 Å². The molecule has 6 heteroatoms. The molecule has 5 nitrogen and oxygen atoms in total. The van der Waals surface area contributed by atoms with Gasteiger partial charge in [0.25, 0.3) is 5.69 Å². The summed E-state index contributed by atoms with van der Waals surface area (Å²) >= 11 is 0. The van der Waals surface area contributed by atoms with Gasteiger partial charge in [-0.15, -0.1) is 0 Å². The van der Waals surface area contributed by atoms with Gasteiger partial charge in [-0.05, 0) is 31.5 Å². The zero-order valence-electron chi connectivity index (χ0n) is 12.1. The third-order valence-electron chi connectivity index (χ3n) is 3.18. The van der Waals surface area contributed by atoms with Crippen LogP contribution in [0.5, 0.6) is 5.75 Å². The molecule has 22 heavy (non-hydrogen) atoms. The number of nitrogens with zero attached hydrogens (tertiary/aromatic N) is 1. The molecule has 0 bridgehead atoms. The lowest BCUT2D eigenvalue weighted by Crippen LogP contribution is -2.13. The summed E-state index contributed by atoms with van der Waals surface area (Å²) in [5.41, 5.74) is 1.90. The number of rotatable bonds is 5. The number of nitro benzene ring substituents is 1. The Morgan fingerprint density at radius 1 is 1.23 bits per heavy atom. The summed E-state index contributed by atoms with van der Waals surface area (Å²) in [6.07, 6.45) is 0. The quantitative estimate of drug-likeness (QED) is 0.480. The zero-order valence-corrected chi connectivity index (χ0v) is 12.1. The molecule has 0 heterocycles. The highest BCUT2D eigenvalue weighted by Gasteiger charge is 2.14. The summed E-state index contributed by atoms with van der Waals surface area (Å²) in [5.74, 6) is -1.34. The highest BCUT2D eigenvalue weighted by atomic mass is 19.1. The van der Waals surface area contributed by atoms with E-state index in [1.165, 1.54) is 0 Å². The van der Waals surface area contributed by atoms with Gasteiger partial charge < -0.3 is 4.74 Å². The number of hydrogen-bond acceptors (Lipinski definition) is 4. The fourth-order valence-corrected chi connectivity index (χ4v) is 1.98. The molecular weight excluding hydrogens is 289 g/mol. The van der Waals surface area contributed by atoms with Gasteiger partial charge in [-0.3, -0.25) is 14.9 Å². The SMILES string of the molecule is Cc1ccc(C)c(C(=O)COc2ccc([N+](=O)[O-])cc2F)c1. The van der Waals surface area contributed by atoms with Crippen LogP contribution in [0.4, 0.5) is 10.1 Å².